The maximum Gasteiger partial charge on any atom is 0.0478 e. The number of nitrogens with one attached hydrogen (secondary N) is 1. The maximum atomic E-state index is 5.32. The lowest BCUT2D eigenvalue weighted by Gasteiger charge is -2.37. The van der Waals surface area contributed by atoms with E-state index in [1.807, 2.05) is 6.92 Å². The second kappa shape index (κ2) is 6.35. The van der Waals surface area contributed by atoms with Crippen molar-refractivity contribution in [3.63, 3.8) is 0 Å². The van der Waals surface area contributed by atoms with Crippen molar-refractivity contribution in [2.45, 2.75) is 26.3 Å². The topological polar surface area (TPSA) is 24.5 Å². The van der Waals surface area contributed by atoms with Gasteiger partial charge in [0.1, 0.15) is 0 Å². The van der Waals surface area contributed by atoms with Crippen molar-refractivity contribution in [2.75, 3.05) is 39.4 Å². The summed E-state index contributed by atoms with van der Waals surface area (Å²) in [6.45, 7) is 10.7. The smallest absolute Gasteiger partial charge is 0.0478 e. The van der Waals surface area contributed by atoms with Crippen molar-refractivity contribution in [2.24, 2.45) is 0 Å². The standard InChI is InChI=1S/C10H22N2O/c1-3-12(10-8-11-9-10)6-5-7-13-4-2/h10-11H,3-9H2,1-2H3. The van der Waals surface area contributed by atoms with Crippen molar-refractivity contribution < 1.29 is 4.74 Å². The Morgan fingerprint density at radius 1 is 1.38 bits per heavy atom. The molecule has 0 unspecified atom stereocenters. The first-order valence-electron chi connectivity index (χ1n) is 5.41. The average molecular weight is 186 g/mol. The highest BCUT2D eigenvalue weighted by atomic mass is 16.5. The van der Waals surface area contributed by atoms with Gasteiger partial charge >= 0.3 is 0 Å². The number of hydrogen-bond acceptors (Lipinski definition) is 3. The number of ether oxygens (including phenoxy) is 1. The van der Waals surface area contributed by atoms with E-state index in [9.17, 15) is 0 Å². The third-order valence-electron chi connectivity index (χ3n) is 2.62. The summed E-state index contributed by atoms with van der Waals surface area (Å²) < 4.78 is 5.32. The van der Waals surface area contributed by atoms with Crippen LogP contribution in [-0.2, 0) is 4.74 Å². The fraction of sp³-hybridized carbons (Fsp3) is 1.00. The van der Waals surface area contributed by atoms with Gasteiger partial charge in [0.15, 0.2) is 0 Å². The number of likely N-dealkylation sites (N-methyl/N-ethyl adjacent to an activating group) is 1. The zero-order valence-electron chi connectivity index (χ0n) is 8.88. The van der Waals surface area contributed by atoms with E-state index in [0.29, 0.717) is 0 Å². The Labute approximate surface area is 81.4 Å². The zero-order valence-corrected chi connectivity index (χ0v) is 8.88. The highest BCUT2D eigenvalue weighted by Crippen LogP contribution is 2.05. The van der Waals surface area contributed by atoms with Crippen LogP contribution in [0.25, 0.3) is 0 Å². The van der Waals surface area contributed by atoms with Crippen molar-refractivity contribution in [3.8, 4) is 0 Å². The number of nitrogens with zero attached hydrogens (tertiary/aromatic N) is 1. The fourth-order valence-corrected chi connectivity index (χ4v) is 1.64. The molecule has 1 fully saturated rings. The van der Waals surface area contributed by atoms with E-state index in [2.05, 4.69) is 17.1 Å². The predicted octanol–water partition coefficient (Wildman–Crippen LogP) is 0.707. The summed E-state index contributed by atoms with van der Waals surface area (Å²) in [4.78, 5) is 2.54. The highest BCUT2D eigenvalue weighted by molar-refractivity contribution is 4.83. The monoisotopic (exact) mass is 186 g/mol. The Morgan fingerprint density at radius 3 is 2.62 bits per heavy atom. The van der Waals surface area contributed by atoms with Gasteiger partial charge in [-0.15, -0.1) is 0 Å². The van der Waals surface area contributed by atoms with Crippen molar-refractivity contribution in [1.82, 2.24) is 10.2 Å². The van der Waals surface area contributed by atoms with Crippen LogP contribution < -0.4 is 5.32 Å². The molecule has 1 aliphatic rings. The molecule has 0 amide bonds. The van der Waals surface area contributed by atoms with E-state index in [1.165, 1.54) is 26.2 Å². The molecular formula is C10H22N2O. The van der Waals surface area contributed by atoms with Crippen LogP contribution in [0.1, 0.15) is 20.3 Å². The first-order valence-corrected chi connectivity index (χ1v) is 5.41. The molecule has 1 N–H and O–H groups in total. The first-order chi connectivity index (χ1) is 6.38. The molecule has 0 bridgehead atoms. The summed E-state index contributed by atoms with van der Waals surface area (Å²) in [7, 11) is 0. The SMILES string of the molecule is CCOCCCN(CC)C1CNC1. The molecule has 78 valence electrons. The summed E-state index contributed by atoms with van der Waals surface area (Å²) in [5.74, 6) is 0. The van der Waals surface area contributed by atoms with Gasteiger partial charge in [-0.1, -0.05) is 6.92 Å². The summed E-state index contributed by atoms with van der Waals surface area (Å²) in [5, 5.41) is 3.30. The molecule has 0 aromatic heterocycles. The van der Waals surface area contributed by atoms with Gasteiger partial charge in [-0.25, -0.2) is 0 Å². The molecule has 1 heterocycles. The lowest BCUT2D eigenvalue weighted by molar-refractivity contribution is 0.108. The molecule has 1 aliphatic heterocycles. The van der Waals surface area contributed by atoms with Crippen LogP contribution in [0.4, 0.5) is 0 Å². The van der Waals surface area contributed by atoms with E-state index in [4.69, 9.17) is 4.74 Å². The molecule has 1 saturated heterocycles. The Balaban J connectivity index is 2.02. The first kappa shape index (κ1) is 11.0. The second-order valence-electron chi connectivity index (χ2n) is 3.49. The lowest BCUT2D eigenvalue weighted by Crippen LogP contribution is -2.57. The van der Waals surface area contributed by atoms with Crippen LogP contribution in [0.5, 0.6) is 0 Å². The fourth-order valence-electron chi connectivity index (χ4n) is 1.64. The molecule has 0 aliphatic carbocycles. The summed E-state index contributed by atoms with van der Waals surface area (Å²) in [5.41, 5.74) is 0. The number of rotatable bonds is 7. The van der Waals surface area contributed by atoms with Gasteiger partial charge in [-0.2, -0.15) is 0 Å². The van der Waals surface area contributed by atoms with Crippen molar-refractivity contribution >= 4 is 0 Å². The quantitative estimate of drug-likeness (QED) is 0.593. The Bertz CT molecular complexity index is 126. The minimum Gasteiger partial charge on any atom is -0.382 e. The molecule has 3 heteroatoms. The molecule has 0 radical (unpaired) electrons. The minimum absolute atomic E-state index is 0.784. The normalized spacial score (nSPS) is 17.8. The molecule has 0 saturated carbocycles. The Hall–Kier alpha value is -0.120. The molecule has 13 heavy (non-hydrogen) atoms. The van der Waals surface area contributed by atoms with Crippen LogP contribution in [0, 0.1) is 0 Å². The number of hydrogen-bond donors (Lipinski definition) is 1. The molecular weight excluding hydrogens is 164 g/mol. The van der Waals surface area contributed by atoms with E-state index >= 15 is 0 Å². The van der Waals surface area contributed by atoms with Crippen LogP contribution in [0.2, 0.25) is 0 Å². The highest BCUT2D eigenvalue weighted by Gasteiger charge is 2.22. The largest absolute Gasteiger partial charge is 0.382 e. The molecule has 3 nitrogen and oxygen atoms in total. The minimum atomic E-state index is 0.784. The van der Waals surface area contributed by atoms with E-state index in [-0.39, 0.29) is 0 Å². The van der Waals surface area contributed by atoms with Crippen molar-refractivity contribution in [1.29, 1.82) is 0 Å². The molecule has 1 rings (SSSR count). The van der Waals surface area contributed by atoms with Gasteiger partial charge in [0.2, 0.25) is 0 Å². The van der Waals surface area contributed by atoms with E-state index < -0.39 is 0 Å². The van der Waals surface area contributed by atoms with Gasteiger partial charge in [0.05, 0.1) is 0 Å². The van der Waals surface area contributed by atoms with Crippen LogP contribution in [0.3, 0.4) is 0 Å². The van der Waals surface area contributed by atoms with Gasteiger partial charge < -0.3 is 10.1 Å². The van der Waals surface area contributed by atoms with Crippen LogP contribution >= 0.6 is 0 Å². The van der Waals surface area contributed by atoms with Crippen LogP contribution in [0.15, 0.2) is 0 Å². The van der Waals surface area contributed by atoms with Gasteiger partial charge in [0, 0.05) is 38.9 Å². The third kappa shape index (κ3) is 3.63. The second-order valence-corrected chi connectivity index (χ2v) is 3.49. The van der Waals surface area contributed by atoms with E-state index in [0.717, 1.165) is 25.7 Å². The predicted molar refractivity (Wildman–Crippen MR) is 55.0 cm³/mol. The van der Waals surface area contributed by atoms with Gasteiger partial charge in [-0.05, 0) is 19.9 Å². The van der Waals surface area contributed by atoms with Crippen molar-refractivity contribution in [3.05, 3.63) is 0 Å². The Morgan fingerprint density at radius 2 is 2.15 bits per heavy atom. The van der Waals surface area contributed by atoms with Crippen LogP contribution in [-0.4, -0.2) is 50.3 Å². The van der Waals surface area contributed by atoms with Gasteiger partial charge in [-0.3, -0.25) is 4.90 Å². The molecule has 0 aromatic carbocycles. The van der Waals surface area contributed by atoms with E-state index in [1.54, 1.807) is 0 Å². The Kier molecular flexibility index (Phi) is 5.35. The summed E-state index contributed by atoms with van der Waals surface area (Å²) in [6.07, 6.45) is 1.16. The summed E-state index contributed by atoms with van der Waals surface area (Å²) in [6, 6.07) is 0.784. The zero-order chi connectivity index (χ0) is 9.52. The molecule has 0 aromatic rings. The van der Waals surface area contributed by atoms with Gasteiger partial charge in [0.25, 0.3) is 0 Å². The molecule has 0 atom stereocenters. The summed E-state index contributed by atoms with van der Waals surface area (Å²) >= 11 is 0. The molecule has 0 spiro atoms. The third-order valence-corrected chi connectivity index (χ3v) is 2.62. The maximum absolute atomic E-state index is 5.32. The lowest BCUT2D eigenvalue weighted by atomic mass is 10.1. The average Bonchev–Trinajstić information content (AvgIpc) is 2.07.